The lowest BCUT2D eigenvalue weighted by Crippen LogP contribution is -2.27. The van der Waals surface area contributed by atoms with E-state index in [2.05, 4.69) is 30.9 Å². The molecule has 21 nitrogen and oxygen atoms in total. The first-order valence-corrected chi connectivity index (χ1v) is 21.9. The Morgan fingerprint density at radius 1 is 0.696 bits per heavy atom. The predicted octanol–water partition coefficient (Wildman–Crippen LogP) is 5.34. The molecule has 0 fully saturated rings. The van der Waals surface area contributed by atoms with Crippen LogP contribution < -0.4 is 48.4 Å². The molecule has 0 aliphatic heterocycles. The van der Waals surface area contributed by atoms with Crippen LogP contribution in [0.4, 0.5) is 22.4 Å². The van der Waals surface area contributed by atoms with Crippen molar-refractivity contribution in [3.05, 3.63) is 101 Å². The molecule has 5 aromatic rings. The summed E-state index contributed by atoms with van der Waals surface area (Å²) in [5, 5.41) is 8.38. The second-order valence-corrected chi connectivity index (χ2v) is 16.5. The van der Waals surface area contributed by atoms with Gasteiger partial charge < -0.3 is 46.3 Å². The average Bonchev–Trinajstić information content (AvgIpc) is 3.80. The number of fused-ring (bicyclic) bond motifs is 2. The maximum absolute atomic E-state index is 13.8. The third-order valence-corrected chi connectivity index (χ3v) is 9.69. The third-order valence-electron chi connectivity index (χ3n) is 9.69. The van der Waals surface area contributed by atoms with E-state index in [9.17, 15) is 24.0 Å². The summed E-state index contributed by atoms with van der Waals surface area (Å²) in [7, 11) is 1.43. The van der Waals surface area contributed by atoms with E-state index in [1.54, 1.807) is 81.9 Å². The van der Waals surface area contributed by atoms with Gasteiger partial charge in [0.2, 0.25) is 23.7 Å². The van der Waals surface area contributed by atoms with Crippen LogP contribution in [-0.2, 0) is 33.8 Å². The minimum Gasteiger partial charge on any atom is -0.494 e. The summed E-state index contributed by atoms with van der Waals surface area (Å²) in [4.78, 5) is 82.5. The molecule has 5 amide bonds. The molecule has 0 spiro atoms. The first kappa shape index (κ1) is 51.5. The van der Waals surface area contributed by atoms with Gasteiger partial charge in [0, 0.05) is 60.8 Å². The smallest absolute Gasteiger partial charge is 0.412 e. The van der Waals surface area contributed by atoms with E-state index in [4.69, 9.17) is 42.1 Å². The van der Waals surface area contributed by atoms with Crippen LogP contribution in [0.1, 0.15) is 74.7 Å². The summed E-state index contributed by atoms with van der Waals surface area (Å²) in [6.45, 7) is 13.1. The number of aromatic nitrogens is 4. The molecule has 0 saturated carbocycles. The minimum atomic E-state index is -0.730. The summed E-state index contributed by atoms with van der Waals surface area (Å²) >= 11 is 0. The number of nitrogens with zero attached hydrogens (tertiary/aromatic N) is 6. The van der Waals surface area contributed by atoms with Crippen LogP contribution in [0.5, 0.6) is 11.5 Å². The summed E-state index contributed by atoms with van der Waals surface area (Å²) in [5.41, 5.74) is 26.6. The summed E-state index contributed by atoms with van der Waals surface area (Å²) in [5.74, 6) is -1.92. The summed E-state index contributed by atoms with van der Waals surface area (Å²) in [6.07, 6.45) is 6.30. The number of aliphatic imine (C=N–C) groups is 2. The van der Waals surface area contributed by atoms with Crippen LogP contribution in [0.3, 0.4) is 0 Å². The largest absolute Gasteiger partial charge is 0.494 e. The molecule has 69 heavy (non-hydrogen) atoms. The van der Waals surface area contributed by atoms with E-state index in [0.717, 1.165) is 5.56 Å². The maximum atomic E-state index is 13.8. The van der Waals surface area contributed by atoms with Gasteiger partial charge in [-0.1, -0.05) is 24.3 Å². The fourth-order valence-corrected chi connectivity index (χ4v) is 6.84. The Balaban J connectivity index is 1.55. The zero-order valence-corrected chi connectivity index (χ0v) is 39.9. The lowest BCUT2D eigenvalue weighted by Gasteiger charge is -2.19. The summed E-state index contributed by atoms with van der Waals surface area (Å²) < 4.78 is 20.8. The lowest BCUT2D eigenvalue weighted by molar-refractivity contribution is -0.111. The Labute approximate surface area is 398 Å². The number of nitrogens with two attached hydrogens (primary N) is 4. The van der Waals surface area contributed by atoms with E-state index in [-0.39, 0.29) is 71.2 Å². The van der Waals surface area contributed by atoms with Crippen molar-refractivity contribution >= 4 is 80.8 Å². The number of rotatable bonds is 20. The molecule has 5 rings (SSSR count). The van der Waals surface area contributed by atoms with Crippen LogP contribution in [0.2, 0.25) is 0 Å². The van der Waals surface area contributed by atoms with Gasteiger partial charge in [-0.3, -0.25) is 45.1 Å². The Bertz CT molecular complexity index is 2910. The fraction of sp³-hybridized carbons (Fsp3) is 0.312. The molecule has 0 unspecified atom stereocenters. The molecule has 0 radical (unpaired) electrons. The van der Waals surface area contributed by atoms with Gasteiger partial charge in [0.1, 0.15) is 39.6 Å². The zero-order chi connectivity index (χ0) is 50.6. The van der Waals surface area contributed by atoms with Crippen LogP contribution >= 0.6 is 0 Å². The van der Waals surface area contributed by atoms with Gasteiger partial charge >= 0.3 is 6.09 Å². The standard InChI is InChI=1S/C48H59N13O8/c1-9-53-35(21-27(3)49)43(64)58-45-56-33-23-30(41(51)62)25-37(67-8)39(33)60(45)18-11-12-19-61-40-34(57-46(61)59-44(65)36(54-10-2)22-28(4)50)24-31(42(52)63)26-38(40)68-20-17-29-13-15-32(16-14-29)55-47(66)69-48(5,6)7/h11-16,21-26H,9-10,17-20,49-50H2,1-8H3,(H2,51,62)(H2,52,63)(H,55,66)(H,56,58,64)(H,57,59,65)/b12-11+,27-21-,28-22-,53-35?,54-36?. The molecule has 0 saturated heterocycles. The summed E-state index contributed by atoms with van der Waals surface area (Å²) in [6, 6.07) is 13.1. The Morgan fingerprint density at radius 2 is 1.16 bits per heavy atom. The molecule has 364 valence electrons. The third kappa shape index (κ3) is 13.8. The van der Waals surface area contributed by atoms with E-state index in [1.807, 2.05) is 12.1 Å². The van der Waals surface area contributed by atoms with E-state index in [1.165, 1.54) is 43.5 Å². The van der Waals surface area contributed by atoms with E-state index >= 15 is 0 Å². The first-order valence-electron chi connectivity index (χ1n) is 21.9. The number of allylic oxidation sites excluding steroid dienone is 4. The molecule has 0 aliphatic carbocycles. The molecular weight excluding hydrogens is 887 g/mol. The van der Waals surface area contributed by atoms with Crippen molar-refractivity contribution in [1.82, 2.24) is 19.1 Å². The number of hydrogen-bond donors (Lipinski definition) is 7. The van der Waals surface area contributed by atoms with Crippen molar-refractivity contribution in [2.24, 2.45) is 32.9 Å². The van der Waals surface area contributed by atoms with Crippen molar-refractivity contribution in [3.63, 3.8) is 0 Å². The van der Waals surface area contributed by atoms with Gasteiger partial charge in [0.25, 0.3) is 11.8 Å². The number of hydrogen-bond acceptors (Lipinski definition) is 14. The highest BCUT2D eigenvalue weighted by Gasteiger charge is 2.23. The van der Waals surface area contributed by atoms with Gasteiger partial charge in [0.15, 0.2) is 0 Å². The van der Waals surface area contributed by atoms with Gasteiger partial charge in [-0.2, -0.15) is 0 Å². The Hall–Kier alpha value is -8.49. The lowest BCUT2D eigenvalue weighted by atomic mass is 10.1. The fourth-order valence-electron chi connectivity index (χ4n) is 6.84. The Morgan fingerprint density at radius 3 is 1.58 bits per heavy atom. The quantitative estimate of drug-likeness (QED) is 0.0384. The van der Waals surface area contributed by atoms with Crippen molar-refractivity contribution in [2.75, 3.05) is 42.8 Å². The zero-order valence-electron chi connectivity index (χ0n) is 39.9. The second-order valence-electron chi connectivity index (χ2n) is 16.5. The van der Waals surface area contributed by atoms with Gasteiger partial charge in [-0.25, -0.2) is 14.8 Å². The highest BCUT2D eigenvalue weighted by Crippen LogP contribution is 2.33. The molecule has 2 heterocycles. The number of carbonyl (C=O) groups is 5. The number of ether oxygens (including phenoxy) is 3. The normalized spacial score (nSPS) is 12.6. The number of methoxy groups -OCH3 is 1. The first-order chi connectivity index (χ1) is 32.7. The molecule has 11 N–H and O–H groups in total. The van der Waals surface area contributed by atoms with Crippen LogP contribution in [0, 0.1) is 0 Å². The van der Waals surface area contributed by atoms with Crippen LogP contribution in [0.15, 0.2) is 94.2 Å². The highest BCUT2D eigenvalue weighted by atomic mass is 16.6. The van der Waals surface area contributed by atoms with E-state index in [0.29, 0.717) is 53.1 Å². The van der Waals surface area contributed by atoms with Crippen molar-refractivity contribution < 1.29 is 38.2 Å². The molecule has 0 aliphatic rings. The van der Waals surface area contributed by atoms with Gasteiger partial charge in [-0.05, 0) is 103 Å². The van der Waals surface area contributed by atoms with Crippen molar-refractivity contribution in [1.29, 1.82) is 0 Å². The predicted molar refractivity (Wildman–Crippen MR) is 267 cm³/mol. The molecule has 2 aromatic heterocycles. The molecule has 21 heteroatoms. The topological polar surface area (TPSA) is 314 Å². The molecule has 0 atom stereocenters. The van der Waals surface area contributed by atoms with Crippen molar-refractivity contribution in [2.45, 2.75) is 73.6 Å². The highest BCUT2D eigenvalue weighted by molar-refractivity contribution is 6.47. The number of anilines is 3. The maximum Gasteiger partial charge on any atom is 0.412 e. The number of imidazole rings is 2. The molecule has 0 bridgehead atoms. The van der Waals surface area contributed by atoms with Crippen LogP contribution in [-0.4, -0.2) is 92.7 Å². The van der Waals surface area contributed by atoms with Crippen molar-refractivity contribution in [3.8, 4) is 11.5 Å². The van der Waals surface area contributed by atoms with E-state index < -0.39 is 35.3 Å². The SMILES string of the molecule is CCN=C(/C=C(/C)N)C(=O)Nc1nc2cc(C(N)=O)cc(OC)c2n1C/C=C/Cn1c(NC(=O)C(/C=C(/C)N)=NCC)nc2cc(C(N)=O)cc(OCCc3ccc(NC(=O)OC(C)(C)C)cc3)c21. The van der Waals surface area contributed by atoms with Crippen LogP contribution in [0.25, 0.3) is 22.1 Å². The number of amides is 5. The number of nitrogens with one attached hydrogen (secondary N) is 3. The number of primary amides is 2. The van der Waals surface area contributed by atoms with Gasteiger partial charge in [-0.15, -0.1) is 0 Å². The second kappa shape index (κ2) is 22.8. The monoisotopic (exact) mass is 945 g/mol. The number of carbonyl (C=O) groups excluding carboxylic acids is 5. The number of benzene rings is 3. The average molecular weight is 946 g/mol. The van der Waals surface area contributed by atoms with Gasteiger partial charge in [0.05, 0.1) is 24.8 Å². The molecule has 3 aromatic carbocycles. The Kier molecular flexibility index (Phi) is 17.0. The minimum absolute atomic E-state index is 0.0625. The molecular formula is C48H59N13O8.